The van der Waals surface area contributed by atoms with Gasteiger partial charge in [0.1, 0.15) is 5.82 Å². The van der Waals surface area contributed by atoms with E-state index in [2.05, 4.69) is 39.4 Å². The van der Waals surface area contributed by atoms with Gasteiger partial charge in [0.05, 0.1) is 5.41 Å². The van der Waals surface area contributed by atoms with Gasteiger partial charge < -0.3 is 9.47 Å². The summed E-state index contributed by atoms with van der Waals surface area (Å²) in [4.78, 5) is 22.8. The fourth-order valence-corrected chi connectivity index (χ4v) is 7.14. The van der Waals surface area contributed by atoms with Crippen molar-refractivity contribution < 1.29 is 4.79 Å². The van der Waals surface area contributed by atoms with Crippen molar-refractivity contribution in [2.45, 2.75) is 64.8 Å². The zero-order valence-corrected chi connectivity index (χ0v) is 17.6. The summed E-state index contributed by atoms with van der Waals surface area (Å²) in [6.45, 7) is 10.3. The molecule has 0 atom stereocenters. The number of hydrogen-bond acceptors (Lipinski definition) is 3. The van der Waals surface area contributed by atoms with Gasteiger partial charge in [-0.25, -0.2) is 4.98 Å². The first kappa shape index (κ1) is 18.7. The van der Waals surface area contributed by atoms with E-state index in [0.717, 1.165) is 57.0 Å². The molecule has 0 radical (unpaired) electrons. The van der Waals surface area contributed by atoms with Crippen LogP contribution in [-0.4, -0.2) is 58.0 Å². The molecule has 0 unspecified atom stereocenters. The molecule has 28 heavy (non-hydrogen) atoms. The van der Waals surface area contributed by atoms with Crippen molar-refractivity contribution in [2.75, 3.05) is 32.7 Å². The molecule has 1 amide bonds. The van der Waals surface area contributed by atoms with Crippen molar-refractivity contribution in [1.82, 2.24) is 19.4 Å². The Balaban J connectivity index is 1.15. The van der Waals surface area contributed by atoms with Gasteiger partial charge in [-0.1, -0.05) is 13.8 Å². The predicted molar refractivity (Wildman–Crippen MR) is 110 cm³/mol. The number of nitrogens with zero attached hydrogens (tertiary/aromatic N) is 4. The van der Waals surface area contributed by atoms with Crippen LogP contribution in [0, 0.1) is 23.2 Å². The van der Waals surface area contributed by atoms with Gasteiger partial charge in [0, 0.05) is 57.6 Å². The summed E-state index contributed by atoms with van der Waals surface area (Å²) in [6.07, 6.45) is 11.8. The number of amides is 1. The molecule has 154 valence electrons. The smallest absolute Gasteiger partial charge is 0.228 e. The molecule has 1 aromatic heterocycles. The summed E-state index contributed by atoms with van der Waals surface area (Å²) < 4.78 is 2.29. The maximum absolute atomic E-state index is 13.5. The number of aromatic nitrogens is 2. The lowest BCUT2D eigenvalue weighted by molar-refractivity contribution is -0.159. The predicted octanol–water partition coefficient (Wildman–Crippen LogP) is 3.37. The molecular weight excluding hydrogens is 348 g/mol. The third-order valence-corrected chi connectivity index (χ3v) is 8.07. The first-order chi connectivity index (χ1) is 13.5. The van der Waals surface area contributed by atoms with E-state index in [9.17, 15) is 4.79 Å². The highest BCUT2D eigenvalue weighted by Gasteiger charge is 2.55. The third kappa shape index (κ3) is 3.30. The van der Waals surface area contributed by atoms with Crippen LogP contribution in [0.25, 0.3) is 0 Å². The number of piperazine rings is 1. The van der Waals surface area contributed by atoms with E-state index in [1.165, 1.54) is 44.3 Å². The van der Waals surface area contributed by atoms with Crippen molar-refractivity contribution in [1.29, 1.82) is 0 Å². The van der Waals surface area contributed by atoms with Gasteiger partial charge in [0.15, 0.2) is 0 Å². The van der Waals surface area contributed by atoms with Crippen molar-refractivity contribution in [2.24, 2.45) is 23.2 Å². The summed E-state index contributed by atoms with van der Waals surface area (Å²) in [5.74, 6) is 4.70. The Morgan fingerprint density at radius 3 is 2.21 bits per heavy atom. The van der Waals surface area contributed by atoms with Gasteiger partial charge in [-0.2, -0.15) is 0 Å². The minimum atomic E-state index is 0.0277. The third-order valence-electron chi connectivity index (χ3n) is 8.07. The van der Waals surface area contributed by atoms with Crippen LogP contribution in [0.4, 0.5) is 0 Å². The highest BCUT2D eigenvalue weighted by Crippen LogP contribution is 2.60. The number of carbonyl (C=O) groups is 1. The molecule has 0 N–H and O–H groups in total. The SMILES string of the molecule is CC(C)c1nccn1CCN1CCN(C(=O)C23CC4CC(CC(C4)C2)C3)CC1. The highest BCUT2D eigenvalue weighted by atomic mass is 16.2. The van der Waals surface area contributed by atoms with Gasteiger partial charge >= 0.3 is 0 Å². The van der Waals surface area contributed by atoms with Crippen molar-refractivity contribution in [3.8, 4) is 0 Å². The molecule has 1 aromatic rings. The maximum atomic E-state index is 13.5. The van der Waals surface area contributed by atoms with Crippen LogP contribution in [0.2, 0.25) is 0 Å². The summed E-state index contributed by atoms with van der Waals surface area (Å²) in [5.41, 5.74) is 0.0277. The van der Waals surface area contributed by atoms with Crippen molar-refractivity contribution in [3.05, 3.63) is 18.2 Å². The molecule has 4 aliphatic carbocycles. The second kappa shape index (κ2) is 7.16. The largest absolute Gasteiger partial charge is 0.340 e. The van der Waals surface area contributed by atoms with Crippen LogP contribution in [0.1, 0.15) is 64.1 Å². The molecule has 1 aliphatic heterocycles. The molecule has 1 saturated heterocycles. The Morgan fingerprint density at radius 2 is 1.64 bits per heavy atom. The summed E-state index contributed by atoms with van der Waals surface area (Å²) in [7, 11) is 0. The average molecular weight is 385 g/mol. The molecule has 0 aromatic carbocycles. The Hall–Kier alpha value is -1.36. The Kier molecular flexibility index (Phi) is 4.77. The minimum absolute atomic E-state index is 0.0277. The monoisotopic (exact) mass is 384 g/mol. The molecule has 5 nitrogen and oxygen atoms in total. The van der Waals surface area contributed by atoms with E-state index >= 15 is 0 Å². The van der Waals surface area contributed by atoms with E-state index in [1.54, 1.807) is 0 Å². The van der Waals surface area contributed by atoms with Crippen LogP contribution in [0.3, 0.4) is 0 Å². The summed E-state index contributed by atoms with van der Waals surface area (Å²) in [6, 6.07) is 0. The number of rotatable bonds is 5. The van der Waals surface area contributed by atoms with Crippen LogP contribution in [0.5, 0.6) is 0 Å². The van der Waals surface area contributed by atoms with Crippen molar-refractivity contribution >= 4 is 5.91 Å². The van der Waals surface area contributed by atoms with Crippen LogP contribution >= 0.6 is 0 Å². The molecule has 5 heteroatoms. The number of hydrogen-bond donors (Lipinski definition) is 0. The number of imidazole rings is 1. The van der Waals surface area contributed by atoms with Crippen LogP contribution in [0.15, 0.2) is 12.4 Å². The normalized spacial score (nSPS) is 35.1. The second-order valence-corrected chi connectivity index (χ2v) is 10.5. The average Bonchev–Trinajstić information content (AvgIpc) is 3.14. The lowest BCUT2D eigenvalue weighted by atomic mass is 9.49. The van der Waals surface area contributed by atoms with E-state index < -0.39 is 0 Å². The lowest BCUT2D eigenvalue weighted by Crippen LogP contribution is -2.58. The molecule has 5 fully saturated rings. The molecular formula is C23H36N4O. The maximum Gasteiger partial charge on any atom is 0.228 e. The Bertz CT molecular complexity index is 681. The molecule has 6 rings (SSSR count). The molecule has 2 heterocycles. The topological polar surface area (TPSA) is 41.4 Å². The quantitative estimate of drug-likeness (QED) is 0.782. The minimum Gasteiger partial charge on any atom is -0.340 e. The zero-order valence-electron chi connectivity index (χ0n) is 17.6. The second-order valence-electron chi connectivity index (χ2n) is 10.5. The van der Waals surface area contributed by atoms with E-state index in [0.29, 0.717) is 11.8 Å². The fraction of sp³-hybridized carbons (Fsp3) is 0.826. The summed E-state index contributed by atoms with van der Waals surface area (Å²) >= 11 is 0. The first-order valence-electron chi connectivity index (χ1n) is 11.6. The fourth-order valence-electron chi connectivity index (χ4n) is 7.14. The standard InChI is InChI=1S/C23H36N4O/c1-17(2)21-24-3-4-26(21)8-5-25-6-9-27(10-7-25)22(28)23-14-18-11-19(15-23)13-20(12-18)16-23/h3-4,17-20H,5-16H2,1-2H3. The van der Waals surface area contributed by atoms with E-state index in [4.69, 9.17) is 0 Å². The van der Waals surface area contributed by atoms with Gasteiger partial charge in [-0.3, -0.25) is 9.69 Å². The van der Waals surface area contributed by atoms with Gasteiger partial charge in [0.2, 0.25) is 5.91 Å². The molecule has 4 saturated carbocycles. The van der Waals surface area contributed by atoms with Crippen LogP contribution in [-0.2, 0) is 11.3 Å². The molecule has 5 aliphatic rings. The lowest BCUT2D eigenvalue weighted by Gasteiger charge is -2.57. The van der Waals surface area contributed by atoms with E-state index in [1.807, 2.05) is 6.20 Å². The zero-order chi connectivity index (χ0) is 19.3. The molecule has 0 spiro atoms. The van der Waals surface area contributed by atoms with Gasteiger partial charge in [0.25, 0.3) is 0 Å². The van der Waals surface area contributed by atoms with E-state index in [-0.39, 0.29) is 5.41 Å². The summed E-state index contributed by atoms with van der Waals surface area (Å²) in [5, 5.41) is 0. The van der Waals surface area contributed by atoms with Gasteiger partial charge in [-0.05, 0) is 56.3 Å². The Morgan fingerprint density at radius 1 is 1.04 bits per heavy atom. The van der Waals surface area contributed by atoms with Gasteiger partial charge in [-0.15, -0.1) is 0 Å². The Labute approximate surface area is 169 Å². The number of carbonyl (C=O) groups excluding carboxylic acids is 1. The molecule has 4 bridgehead atoms. The van der Waals surface area contributed by atoms with Crippen LogP contribution < -0.4 is 0 Å². The van der Waals surface area contributed by atoms with Crippen molar-refractivity contribution in [3.63, 3.8) is 0 Å². The highest BCUT2D eigenvalue weighted by molar-refractivity contribution is 5.83. The first-order valence-corrected chi connectivity index (χ1v) is 11.6.